The summed E-state index contributed by atoms with van der Waals surface area (Å²) in [6, 6.07) is 21.2. The van der Waals surface area contributed by atoms with Crippen LogP contribution >= 0.6 is 31.9 Å². The zero-order valence-electron chi connectivity index (χ0n) is 18.1. The SMILES string of the molecule is CCOC(=O)COc1c(Br)cc(/C=C2\N=C(c3ccc(-c4ccccc4)cc3)OC2=O)cc1Br. The Morgan fingerprint density at radius 1 is 0.971 bits per heavy atom. The molecule has 172 valence electrons. The maximum atomic E-state index is 12.4. The van der Waals surface area contributed by atoms with Crippen LogP contribution in [0.15, 0.2) is 86.4 Å². The van der Waals surface area contributed by atoms with E-state index in [0.717, 1.165) is 11.1 Å². The van der Waals surface area contributed by atoms with Gasteiger partial charge in [-0.25, -0.2) is 14.6 Å². The number of aliphatic imine (C=N–C) groups is 1. The molecule has 0 amide bonds. The van der Waals surface area contributed by atoms with E-state index in [1.54, 1.807) is 25.1 Å². The van der Waals surface area contributed by atoms with Gasteiger partial charge >= 0.3 is 11.9 Å². The van der Waals surface area contributed by atoms with Crippen LogP contribution in [-0.4, -0.2) is 31.1 Å². The molecule has 0 aliphatic carbocycles. The Labute approximate surface area is 213 Å². The van der Waals surface area contributed by atoms with Crippen LogP contribution in [0.3, 0.4) is 0 Å². The van der Waals surface area contributed by atoms with Gasteiger partial charge in [0.05, 0.1) is 15.6 Å². The standard InChI is InChI=1S/C26H19Br2NO5/c1-2-32-23(30)15-33-24-20(27)12-16(13-21(24)28)14-22-26(31)34-25(29-22)19-10-8-18(9-11-19)17-6-4-3-5-7-17/h3-14H,2,15H2,1H3/b22-14-. The summed E-state index contributed by atoms with van der Waals surface area (Å²) in [5.41, 5.74) is 3.75. The van der Waals surface area contributed by atoms with Crippen molar-refractivity contribution in [3.8, 4) is 16.9 Å². The molecule has 0 atom stereocenters. The molecule has 0 saturated carbocycles. The largest absolute Gasteiger partial charge is 0.480 e. The molecule has 3 aromatic rings. The van der Waals surface area contributed by atoms with Crippen molar-refractivity contribution in [2.75, 3.05) is 13.2 Å². The van der Waals surface area contributed by atoms with Gasteiger partial charge in [-0.2, -0.15) is 0 Å². The Morgan fingerprint density at radius 2 is 1.59 bits per heavy atom. The lowest BCUT2D eigenvalue weighted by atomic mass is 10.0. The van der Waals surface area contributed by atoms with Crippen LogP contribution in [0, 0.1) is 0 Å². The second-order valence-electron chi connectivity index (χ2n) is 7.19. The summed E-state index contributed by atoms with van der Waals surface area (Å²) >= 11 is 6.88. The molecule has 4 rings (SSSR count). The normalized spacial score (nSPS) is 14.0. The smallest absolute Gasteiger partial charge is 0.363 e. The van der Waals surface area contributed by atoms with Crippen molar-refractivity contribution in [2.24, 2.45) is 4.99 Å². The lowest BCUT2D eigenvalue weighted by Crippen LogP contribution is -2.15. The second-order valence-corrected chi connectivity index (χ2v) is 8.90. The number of hydrogen-bond acceptors (Lipinski definition) is 6. The fraction of sp³-hybridized carbons (Fsp3) is 0.115. The first-order chi connectivity index (χ1) is 16.4. The topological polar surface area (TPSA) is 74.2 Å². The molecule has 0 saturated heterocycles. The maximum absolute atomic E-state index is 12.4. The van der Waals surface area contributed by atoms with E-state index >= 15 is 0 Å². The molecule has 0 N–H and O–H groups in total. The molecule has 0 fully saturated rings. The van der Waals surface area contributed by atoms with Gasteiger partial charge in [0.1, 0.15) is 5.75 Å². The summed E-state index contributed by atoms with van der Waals surface area (Å²) in [4.78, 5) is 28.4. The van der Waals surface area contributed by atoms with Crippen molar-refractivity contribution in [3.63, 3.8) is 0 Å². The number of hydrogen-bond donors (Lipinski definition) is 0. The Balaban J connectivity index is 1.52. The maximum Gasteiger partial charge on any atom is 0.363 e. The number of nitrogens with zero attached hydrogens (tertiary/aromatic N) is 1. The number of benzene rings is 3. The predicted octanol–water partition coefficient (Wildman–Crippen LogP) is 6.17. The van der Waals surface area contributed by atoms with Crippen molar-refractivity contribution in [2.45, 2.75) is 6.92 Å². The molecule has 0 unspecified atom stereocenters. The number of carbonyl (C=O) groups is 2. The summed E-state index contributed by atoms with van der Waals surface area (Å²) < 4.78 is 17.0. The van der Waals surface area contributed by atoms with E-state index in [2.05, 4.69) is 36.9 Å². The van der Waals surface area contributed by atoms with Gasteiger partial charge < -0.3 is 14.2 Å². The van der Waals surface area contributed by atoms with Crippen LogP contribution in [0.25, 0.3) is 17.2 Å². The quantitative estimate of drug-likeness (QED) is 0.245. The average molecular weight is 585 g/mol. The lowest BCUT2D eigenvalue weighted by Gasteiger charge is -2.10. The Hall–Kier alpha value is -3.23. The molecule has 3 aromatic carbocycles. The van der Waals surface area contributed by atoms with Gasteiger partial charge in [-0.3, -0.25) is 0 Å². The molecule has 34 heavy (non-hydrogen) atoms. The van der Waals surface area contributed by atoms with E-state index in [9.17, 15) is 9.59 Å². The summed E-state index contributed by atoms with van der Waals surface area (Å²) in [5, 5.41) is 0. The first-order valence-corrected chi connectivity index (χ1v) is 12.0. The fourth-order valence-corrected chi connectivity index (χ4v) is 4.71. The van der Waals surface area contributed by atoms with E-state index in [0.29, 0.717) is 25.8 Å². The first kappa shape index (κ1) is 23.9. The van der Waals surface area contributed by atoms with E-state index in [1.165, 1.54) is 0 Å². The summed E-state index contributed by atoms with van der Waals surface area (Å²) in [7, 11) is 0. The van der Waals surface area contributed by atoms with Gasteiger partial charge in [-0.15, -0.1) is 0 Å². The number of carbonyl (C=O) groups excluding carboxylic acids is 2. The third-order valence-electron chi connectivity index (χ3n) is 4.82. The number of esters is 2. The number of rotatable bonds is 7. The molecule has 0 spiro atoms. The van der Waals surface area contributed by atoms with Gasteiger partial charge in [0, 0.05) is 5.56 Å². The monoisotopic (exact) mass is 583 g/mol. The van der Waals surface area contributed by atoms with Gasteiger partial charge in [0.25, 0.3) is 0 Å². The van der Waals surface area contributed by atoms with Gasteiger partial charge in [-0.05, 0) is 85.8 Å². The third kappa shape index (κ3) is 5.63. The number of cyclic esters (lactones) is 1. The first-order valence-electron chi connectivity index (χ1n) is 10.4. The van der Waals surface area contributed by atoms with Crippen LogP contribution in [-0.2, 0) is 19.1 Å². The second kappa shape index (κ2) is 10.8. The molecule has 6 nitrogen and oxygen atoms in total. The van der Waals surface area contributed by atoms with Crippen molar-refractivity contribution in [1.29, 1.82) is 0 Å². The minimum absolute atomic E-state index is 0.182. The molecule has 1 heterocycles. The molecular weight excluding hydrogens is 566 g/mol. The highest BCUT2D eigenvalue weighted by atomic mass is 79.9. The minimum atomic E-state index is -0.531. The van der Waals surface area contributed by atoms with Crippen LogP contribution < -0.4 is 4.74 Å². The molecule has 1 aliphatic heterocycles. The Bertz CT molecular complexity index is 1260. The zero-order chi connectivity index (χ0) is 24.1. The van der Waals surface area contributed by atoms with Crippen LogP contribution in [0.4, 0.5) is 0 Å². The van der Waals surface area contributed by atoms with E-state index in [1.807, 2.05) is 54.6 Å². The Morgan fingerprint density at radius 3 is 2.24 bits per heavy atom. The van der Waals surface area contributed by atoms with Gasteiger partial charge in [-0.1, -0.05) is 42.5 Å². The van der Waals surface area contributed by atoms with Crippen LogP contribution in [0.1, 0.15) is 18.1 Å². The predicted molar refractivity (Wildman–Crippen MR) is 136 cm³/mol. The molecule has 1 aliphatic rings. The van der Waals surface area contributed by atoms with Gasteiger partial charge in [0.15, 0.2) is 12.3 Å². The van der Waals surface area contributed by atoms with Gasteiger partial charge in [0.2, 0.25) is 5.90 Å². The number of ether oxygens (including phenoxy) is 3. The van der Waals surface area contributed by atoms with E-state index in [-0.39, 0.29) is 24.8 Å². The van der Waals surface area contributed by atoms with Crippen molar-refractivity contribution in [3.05, 3.63) is 92.5 Å². The van der Waals surface area contributed by atoms with Crippen molar-refractivity contribution >= 4 is 55.8 Å². The van der Waals surface area contributed by atoms with Crippen LogP contribution in [0.2, 0.25) is 0 Å². The zero-order valence-corrected chi connectivity index (χ0v) is 21.3. The Kier molecular flexibility index (Phi) is 7.59. The van der Waals surface area contributed by atoms with E-state index in [4.69, 9.17) is 14.2 Å². The highest BCUT2D eigenvalue weighted by Gasteiger charge is 2.24. The highest BCUT2D eigenvalue weighted by Crippen LogP contribution is 2.36. The van der Waals surface area contributed by atoms with Crippen molar-refractivity contribution < 1.29 is 23.8 Å². The average Bonchev–Trinajstić information content (AvgIpc) is 3.19. The molecule has 0 bridgehead atoms. The summed E-state index contributed by atoms with van der Waals surface area (Å²) in [6.07, 6.45) is 1.62. The molecular formula is C26H19Br2NO5. The van der Waals surface area contributed by atoms with E-state index < -0.39 is 11.9 Å². The minimum Gasteiger partial charge on any atom is -0.480 e. The lowest BCUT2D eigenvalue weighted by molar-refractivity contribution is -0.145. The third-order valence-corrected chi connectivity index (χ3v) is 6.00. The molecule has 8 heteroatoms. The number of halogens is 2. The van der Waals surface area contributed by atoms with Crippen molar-refractivity contribution in [1.82, 2.24) is 0 Å². The summed E-state index contributed by atoms with van der Waals surface area (Å²) in [5.74, 6) is -0.285. The molecule has 0 aromatic heterocycles. The summed E-state index contributed by atoms with van der Waals surface area (Å²) in [6.45, 7) is 1.80. The highest BCUT2D eigenvalue weighted by molar-refractivity contribution is 9.11. The fourth-order valence-electron chi connectivity index (χ4n) is 3.26. The molecule has 0 radical (unpaired) electrons. The van der Waals surface area contributed by atoms with Crippen LogP contribution in [0.5, 0.6) is 5.75 Å².